The summed E-state index contributed by atoms with van der Waals surface area (Å²) in [7, 11) is 0. The summed E-state index contributed by atoms with van der Waals surface area (Å²) in [6.45, 7) is 6.39. The summed E-state index contributed by atoms with van der Waals surface area (Å²) in [4.78, 5) is 6.20. The van der Waals surface area contributed by atoms with E-state index < -0.39 is 11.7 Å². The summed E-state index contributed by atoms with van der Waals surface area (Å²) >= 11 is 0. The van der Waals surface area contributed by atoms with Crippen LogP contribution in [0.2, 0.25) is 0 Å². The molecule has 3 rings (SSSR count). The van der Waals surface area contributed by atoms with Crippen LogP contribution in [0.4, 0.5) is 0 Å². The fourth-order valence-corrected chi connectivity index (χ4v) is 3.55. The third kappa shape index (κ3) is 4.61. The summed E-state index contributed by atoms with van der Waals surface area (Å²) in [6, 6.07) is 9.79. The first-order chi connectivity index (χ1) is 12.5. The van der Waals surface area contributed by atoms with Crippen LogP contribution >= 0.6 is 0 Å². The second-order valence-corrected chi connectivity index (χ2v) is 7.30. The van der Waals surface area contributed by atoms with Crippen molar-refractivity contribution in [3.8, 4) is 5.75 Å². The van der Waals surface area contributed by atoms with Crippen molar-refractivity contribution < 1.29 is 14.9 Å². The number of hydrogen-bond donors (Lipinski definition) is 2. The third-order valence-corrected chi connectivity index (χ3v) is 5.13. The minimum Gasteiger partial charge on any atom is -0.491 e. The highest BCUT2D eigenvalue weighted by molar-refractivity contribution is 5.35. The Morgan fingerprint density at radius 1 is 1.15 bits per heavy atom. The van der Waals surface area contributed by atoms with E-state index in [1.807, 2.05) is 31.2 Å². The highest BCUT2D eigenvalue weighted by atomic mass is 16.5. The van der Waals surface area contributed by atoms with Crippen LogP contribution in [0.3, 0.4) is 0 Å². The molecule has 0 aliphatic carbocycles. The van der Waals surface area contributed by atoms with E-state index in [0.717, 1.165) is 30.0 Å². The molecule has 1 aromatic carbocycles. The molecule has 5 nitrogen and oxygen atoms in total. The summed E-state index contributed by atoms with van der Waals surface area (Å²) in [6.07, 6.45) is 4.19. The second-order valence-electron chi connectivity index (χ2n) is 7.30. The largest absolute Gasteiger partial charge is 0.491 e. The number of piperidine rings is 1. The van der Waals surface area contributed by atoms with Crippen LogP contribution < -0.4 is 4.74 Å². The van der Waals surface area contributed by atoms with Crippen LogP contribution in [0.25, 0.3) is 0 Å². The van der Waals surface area contributed by atoms with E-state index in [1.165, 1.54) is 5.56 Å². The Morgan fingerprint density at radius 3 is 2.50 bits per heavy atom. The van der Waals surface area contributed by atoms with E-state index in [4.69, 9.17) is 4.74 Å². The molecule has 0 spiro atoms. The molecule has 0 radical (unpaired) electrons. The van der Waals surface area contributed by atoms with Gasteiger partial charge >= 0.3 is 0 Å². The normalized spacial score (nSPS) is 18.5. The van der Waals surface area contributed by atoms with Crippen molar-refractivity contribution in [1.29, 1.82) is 0 Å². The van der Waals surface area contributed by atoms with Gasteiger partial charge in [-0.25, -0.2) is 0 Å². The van der Waals surface area contributed by atoms with E-state index in [0.29, 0.717) is 19.4 Å². The molecule has 0 unspecified atom stereocenters. The fraction of sp³-hybridized carbons (Fsp3) is 0.476. The topological polar surface area (TPSA) is 65.8 Å². The maximum Gasteiger partial charge on any atom is 0.122 e. The summed E-state index contributed by atoms with van der Waals surface area (Å²) in [5.74, 6) is 0.820. The summed E-state index contributed by atoms with van der Waals surface area (Å²) < 4.78 is 5.77. The zero-order valence-corrected chi connectivity index (χ0v) is 15.6. The highest BCUT2D eigenvalue weighted by Gasteiger charge is 2.34. The number of rotatable bonds is 6. The lowest BCUT2D eigenvalue weighted by Crippen LogP contribution is -2.46. The van der Waals surface area contributed by atoms with Crippen LogP contribution in [0.5, 0.6) is 5.75 Å². The van der Waals surface area contributed by atoms with Gasteiger partial charge in [0.15, 0.2) is 0 Å². The first kappa shape index (κ1) is 18.8. The van der Waals surface area contributed by atoms with E-state index in [-0.39, 0.29) is 6.61 Å². The van der Waals surface area contributed by atoms with Gasteiger partial charge in [0.1, 0.15) is 18.5 Å². The van der Waals surface area contributed by atoms with Gasteiger partial charge in [-0.05, 0) is 56.0 Å². The fourth-order valence-electron chi connectivity index (χ4n) is 3.55. The minimum absolute atomic E-state index is 0.273. The monoisotopic (exact) mass is 356 g/mol. The molecule has 1 aliphatic rings. The minimum atomic E-state index is -0.792. The van der Waals surface area contributed by atoms with Crippen LogP contribution in [0.15, 0.2) is 42.7 Å². The smallest absolute Gasteiger partial charge is 0.122 e. The molecular weight excluding hydrogens is 328 g/mol. The molecule has 140 valence electrons. The number of pyridine rings is 1. The van der Waals surface area contributed by atoms with Gasteiger partial charge in [-0.2, -0.15) is 0 Å². The molecule has 2 N–H and O–H groups in total. The van der Waals surface area contributed by atoms with Crippen molar-refractivity contribution in [2.24, 2.45) is 0 Å². The van der Waals surface area contributed by atoms with Gasteiger partial charge in [-0.3, -0.25) is 4.98 Å². The number of hydrogen-bond acceptors (Lipinski definition) is 5. The quantitative estimate of drug-likeness (QED) is 0.832. The second kappa shape index (κ2) is 8.16. The average molecular weight is 356 g/mol. The Hall–Kier alpha value is -1.95. The van der Waals surface area contributed by atoms with Crippen molar-refractivity contribution in [3.63, 3.8) is 0 Å². The molecule has 0 bridgehead atoms. The first-order valence-corrected chi connectivity index (χ1v) is 9.20. The molecular formula is C21H28N2O3. The molecule has 5 heteroatoms. The first-order valence-electron chi connectivity index (χ1n) is 9.20. The maximum atomic E-state index is 10.9. The molecule has 2 heterocycles. The average Bonchev–Trinajstić information content (AvgIpc) is 2.64. The Morgan fingerprint density at radius 2 is 1.85 bits per heavy atom. The summed E-state index contributed by atoms with van der Waals surface area (Å²) in [5.41, 5.74) is 2.41. The molecule has 26 heavy (non-hydrogen) atoms. The van der Waals surface area contributed by atoms with E-state index >= 15 is 0 Å². The Labute approximate surface area is 155 Å². The predicted octanol–water partition coefficient (Wildman–Crippen LogP) is 2.42. The number of aliphatic hydroxyl groups is 2. The van der Waals surface area contributed by atoms with E-state index in [2.05, 4.69) is 22.9 Å². The van der Waals surface area contributed by atoms with Gasteiger partial charge in [0.05, 0.1) is 5.60 Å². The van der Waals surface area contributed by atoms with E-state index in [9.17, 15) is 10.2 Å². The number of aromatic nitrogens is 1. The van der Waals surface area contributed by atoms with Crippen LogP contribution in [-0.4, -0.2) is 52.4 Å². The maximum absolute atomic E-state index is 10.9. The number of likely N-dealkylation sites (tertiary alicyclic amines) is 1. The number of aliphatic hydroxyl groups excluding tert-OH is 1. The lowest BCUT2D eigenvalue weighted by Gasteiger charge is -2.39. The Kier molecular flexibility index (Phi) is 5.91. The van der Waals surface area contributed by atoms with Gasteiger partial charge in [0, 0.05) is 32.0 Å². The van der Waals surface area contributed by atoms with Crippen molar-refractivity contribution >= 4 is 0 Å². The molecule has 1 fully saturated rings. The molecule has 0 saturated carbocycles. The molecule has 1 saturated heterocycles. The van der Waals surface area contributed by atoms with Crippen molar-refractivity contribution in [3.05, 3.63) is 59.4 Å². The standard InChI is InChI=1S/C21H28N2O3/c1-16-3-4-20(17(2)13-16)26-15-19(24)14-23-11-7-21(25,8-12-23)18-5-9-22-10-6-18/h3-6,9-10,13,19,24-25H,7-8,11-12,14-15H2,1-2H3/t19-/m0/s1. The zero-order valence-electron chi connectivity index (χ0n) is 15.6. The lowest BCUT2D eigenvalue weighted by molar-refractivity contribution is -0.0373. The number of aryl methyl sites for hydroxylation is 2. The molecule has 1 atom stereocenters. The number of nitrogens with zero attached hydrogens (tertiary/aromatic N) is 2. The van der Waals surface area contributed by atoms with Crippen LogP contribution in [0.1, 0.15) is 29.5 Å². The number of benzene rings is 1. The van der Waals surface area contributed by atoms with Crippen LogP contribution in [0, 0.1) is 13.8 Å². The molecule has 1 aromatic heterocycles. The van der Waals surface area contributed by atoms with Crippen molar-refractivity contribution in [2.75, 3.05) is 26.2 Å². The molecule has 0 amide bonds. The highest BCUT2D eigenvalue weighted by Crippen LogP contribution is 2.32. The Bertz CT molecular complexity index is 712. The van der Waals surface area contributed by atoms with Crippen molar-refractivity contribution in [2.45, 2.75) is 38.4 Å². The lowest BCUT2D eigenvalue weighted by atomic mass is 9.85. The summed E-state index contributed by atoms with van der Waals surface area (Å²) in [5, 5.41) is 21.2. The SMILES string of the molecule is Cc1ccc(OC[C@@H](O)CN2CCC(O)(c3ccncc3)CC2)c(C)c1. The number of ether oxygens (including phenoxy) is 1. The van der Waals surface area contributed by atoms with Gasteiger partial charge < -0.3 is 19.8 Å². The number of β-amino-alcohol motifs (C(OH)–C–C–N with tert-alkyl or cyclic N) is 1. The van der Waals surface area contributed by atoms with E-state index in [1.54, 1.807) is 12.4 Å². The van der Waals surface area contributed by atoms with Gasteiger partial charge in [0.25, 0.3) is 0 Å². The van der Waals surface area contributed by atoms with Gasteiger partial charge in [-0.15, -0.1) is 0 Å². The zero-order chi connectivity index (χ0) is 18.6. The Balaban J connectivity index is 1.47. The van der Waals surface area contributed by atoms with Gasteiger partial charge in [-0.1, -0.05) is 17.7 Å². The predicted molar refractivity (Wildman–Crippen MR) is 101 cm³/mol. The van der Waals surface area contributed by atoms with Crippen LogP contribution in [-0.2, 0) is 5.60 Å². The van der Waals surface area contributed by atoms with Gasteiger partial charge in [0.2, 0.25) is 0 Å². The van der Waals surface area contributed by atoms with Crippen molar-refractivity contribution in [1.82, 2.24) is 9.88 Å². The third-order valence-electron chi connectivity index (χ3n) is 5.13. The molecule has 1 aliphatic heterocycles. The molecule has 2 aromatic rings.